The third-order valence-corrected chi connectivity index (χ3v) is 4.42. The minimum atomic E-state index is -0.0615. The first kappa shape index (κ1) is 14.0. The minimum Gasteiger partial charge on any atom is -0.343 e. The zero-order chi connectivity index (χ0) is 14.7. The van der Waals surface area contributed by atoms with E-state index in [1.54, 1.807) is 4.90 Å². The van der Waals surface area contributed by atoms with Crippen LogP contribution in [0.1, 0.15) is 0 Å². The summed E-state index contributed by atoms with van der Waals surface area (Å²) in [4.78, 5) is 30.8. The van der Waals surface area contributed by atoms with Gasteiger partial charge in [-0.1, -0.05) is 23.5 Å². The molecule has 1 aliphatic heterocycles. The lowest BCUT2D eigenvalue weighted by Gasteiger charge is -2.31. The number of nitrogens with zero attached hydrogens (tertiary/aromatic N) is 3. The molecular weight excluding hydrogens is 288 g/mol. The first-order valence-corrected chi connectivity index (χ1v) is 7.63. The van der Waals surface area contributed by atoms with Gasteiger partial charge in [-0.25, -0.2) is 4.98 Å². The summed E-state index contributed by atoms with van der Waals surface area (Å²) in [5.74, 6) is -0.0615. The van der Waals surface area contributed by atoms with Crippen LogP contribution in [-0.2, 0) is 9.59 Å². The van der Waals surface area contributed by atoms with E-state index in [1.165, 1.54) is 11.3 Å². The molecule has 0 spiro atoms. The molecule has 1 N–H and O–H groups in total. The van der Waals surface area contributed by atoms with Crippen molar-refractivity contribution in [1.82, 2.24) is 14.8 Å². The minimum absolute atomic E-state index is 0.0615. The second kappa shape index (κ2) is 6.19. The highest BCUT2D eigenvalue weighted by molar-refractivity contribution is 7.22. The van der Waals surface area contributed by atoms with Crippen molar-refractivity contribution in [1.29, 1.82) is 0 Å². The highest BCUT2D eigenvalue weighted by atomic mass is 32.1. The summed E-state index contributed by atoms with van der Waals surface area (Å²) in [5, 5.41) is 3.48. The lowest BCUT2D eigenvalue weighted by atomic mass is 10.3. The maximum Gasteiger partial charge on any atom is 0.240 e. The fraction of sp³-hybridized carbons (Fsp3) is 0.357. The van der Waals surface area contributed by atoms with Crippen molar-refractivity contribution in [3.05, 3.63) is 24.3 Å². The van der Waals surface area contributed by atoms with Gasteiger partial charge < -0.3 is 10.2 Å². The van der Waals surface area contributed by atoms with Crippen molar-refractivity contribution in [2.45, 2.75) is 0 Å². The van der Waals surface area contributed by atoms with Crippen LogP contribution in [0.3, 0.4) is 0 Å². The van der Waals surface area contributed by atoms with Crippen LogP contribution < -0.4 is 5.32 Å². The Hall–Kier alpha value is -1.99. The largest absolute Gasteiger partial charge is 0.343 e. The Morgan fingerprint density at radius 1 is 1.29 bits per heavy atom. The molecule has 2 heterocycles. The molecule has 0 saturated carbocycles. The number of fused-ring (bicyclic) bond motifs is 1. The van der Waals surface area contributed by atoms with Crippen LogP contribution in [0.2, 0.25) is 0 Å². The van der Waals surface area contributed by atoms with E-state index < -0.39 is 0 Å². The van der Waals surface area contributed by atoms with Crippen LogP contribution in [0, 0.1) is 0 Å². The maximum absolute atomic E-state index is 12.0. The highest BCUT2D eigenvalue weighted by Crippen LogP contribution is 2.25. The number of carbonyl (C=O) groups excluding carboxylic acids is 2. The Balaban J connectivity index is 1.55. The molecule has 21 heavy (non-hydrogen) atoms. The molecule has 1 aromatic heterocycles. The molecule has 110 valence electrons. The average molecular weight is 304 g/mol. The molecule has 0 atom stereocenters. The molecular formula is C14H16N4O2S. The second-order valence-corrected chi connectivity index (χ2v) is 5.98. The number of nitrogens with one attached hydrogen (secondary N) is 1. The molecule has 1 fully saturated rings. The quantitative estimate of drug-likeness (QED) is 0.856. The van der Waals surface area contributed by atoms with Crippen LogP contribution in [0.25, 0.3) is 10.2 Å². The van der Waals surface area contributed by atoms with E-state index in [4.69, 9.17) is 0 Å². The number of hydrogen-bond donors (Lipinski definition) is 1. The fourth-order valence-electron chi connectivity index (χ4n) is 2.31. The number of rotatable bonds is 4. The molecule has 0 bridgehead atoms. The van der Waals surface area contributed by atoms with Crippen molar-refractivity contribution in [2.75, 3.05) is 38.0 Å². The topological polar surface area (TPSA) is 65.5 Å². The van der Waals surface area contributed by atoms with E-state index in [-0.39, 0.29) is 5.91 Å². The molecule has 1 saturated heterocycles. The summed E-state index contributed by atoms with van der Waals surface area (Å²) < 4.78 is 1.06. The summed E-state index contributed by atoms with van der Waals surface area (Å²) in [7, 11) is 0. The van der Waals surface area contributed by atoms with Crippen LogP contribution in [0.5, 0.6) is 0 Å². The normalized spacial score (nSPS) is 16.1. The third kappa shape index (κ3) is 3.37. The second-order valence-electron chi connectivity index (χ2n) is 4.95. The molecule has 7 heteroatoms. The number of aromatic nitrogens is 1. The van der Waals surface area contributed by atoms with E-state index in [9.17, 15) is 9.59 Å². The van der Waals surface area contributed by atoms with Gasteiger partial charge in [0.05, 0.1) is 16.8 Å². The monoisotopic (exact) mass is 304 g/mol. The number of hydrogen-bond acceptors (Lipinski definition) is 5. The van der Waals surface area contributed by atoms with Gasteiger partial charge in [0.15, 0.2) is 5.13 Å². The highest BCUT2D eigenvalue weighted by Gasteiger charge is 2.18. The van der Waals surface area contributed by atoms with E-state index >= 15 is 0 Å². The Kier molecular flexibility index (Phi) is 4.12. The summed E-state index contributed by atoms with van der Waals surface area (Å²) in [5.41, 5.74) is 0.900. The molecule has 0 aliphatic carbocycles. The van der Waals surface area contributed by atoms with Gasteiger partial charge in [0.25, 0.3) is 0 Å². The van der Waals surface area contributed by atoms with E-state index in [0.717, 1.165) is 29.7 Å². The Morgan fingerprint density at radius 2 is 2.05 bits per heavy atom. The number of amides is 2. The van der Waals surface area contributed by atoms with E-state index in [1.807, 2.05) is 29.2 Å². The lowest BCUT2D eigenvalue weighted by molar-refractivity contribution is -0.120. The smallest absolute Gasteiger partial charge is 0.240 e. The summed E-state index contributed by atoms with van der Waals surface area (Å²) in [6.07, 6.45) is 0.860. The first-order chi connectivity index (χ1) is 10.2. The Morgan fingerprint density at radius 3 is 2.76 bits per heavy atom. The van der Waals surface area contributed by atoms with Crippen molar-refractivity contribution in [3.8, 4) is 0 Å². The number of anilines is 1. The predicted octanol–water partition coefficient (Wildman–Crippen LogP) is 1.01. The number of carbonyl (C=O) groups is 2. The summed E-state index contributed by atoms with van der Waals surface area (Å²) in [6.45, 7) is 3.15. The van der Waals surface area contributed by atoms with Crippen LogP contribution in [0.4, 0.5) is 5.13 Å². The zero-order valence-corrected chi connectivity index (χ0v) is 12.3. The summed E-state index contributed by atoms with van der Waals surface area (Å²) in [6, 6.07) is 7.81. The van der Waals surface area contributed by atoms with Gasteiger partial charge >= 0.3 is 0 Å². The van der Waals surface area contributed by atoms with Crippen molar-refractivity contribution in [2.24, 2.45) is 0 Å². The number of benzene rings is 1. The van der Waals surface area contributed by atoms with Crippen LogP contribution in [-0.4, -0.2) is 59.8 Å². The zero-order valence-electron chi connectivity index (χ0n) is 11.5. The van der Waals surface area contributed by atoms with Crippen molar-refractivity contribution < 1.29 is 9.59 Å². The van der Waals surface area contributed by atoms with Crippen molar-refractivity contribution in [3.63, 3.8) is 0 Å². The molecule has 2 aromatic rings. The Bertz CT molecular complexity index is 616. The van der Waals surface area contributed by atoms with Gasteiger partial charge in [0.1, 0.15) is 0 Å². The standard InChI is InChI=1S/C14H16N4O2S/c19-10-18-7-5-17(6-8-18)9-13(20)16-14-15-11-3-1-2-4-12(11)21-14/h1-4,10H,5-9H2,(H,15,16,20). The van der Waals surface area contributed by atoms with Crippen LogP contribution in [0.15, 0.2) is 24.3 Å². The Labute approximate surface area is 126 Å². The number of piperazine rings is 1. The molecule has 2 amide bonds. The number of thiazole rings is 1. The predicted molar refractivity (Wildman–Crippen MR) is 82.3 cm³/mol. The lowest BCUT2D eigenvalue weighted by Crippen LogP contribution is -2.48. The van der Waals surface area contributed by atoms with E-state index in [2.05, 4.69) is 10.3 Å². The van der Waals surface area contributed by atoms with Gasteiger partial charge in [-0.05, 0) is 12.1 Å². The molecule has 6 nitrogen and oxygen atoms in total. The van der Waals surface area contributed by atoms with E-state index in [0.29, 0.717) is 24.8 Å². The molecule has 0 unspecified atom stereocenters. The molecule has 1 aliphatic rings. The van der Waals surface area contributed by atoms with Gasteiger partial charge in [-0.15, -0.1) is 0 Å². The van der Waals surface area contributed by atoms with Gasteiger partial charge in [0.2, 0.25) is 12.3 Å². The molecule has 0 radical (unpaired) electrons. The molecule has 3 rings (SSSR count). The molecule has 1 aromatic carbocycles. The van der Waals surface area contributed by atoms with Crippen molar-refractivity contribution >= 4 is 39.0 Å². The van der Waals surface area contributed by atoms with Gasteiger partial charge in [-0.3, -0.25) is 14.5 Å². The average Bonchev–Trinajstić information content (AvgIpc) is 2.90. The summed E-state index contributed by atoms with van der Waals surface area (Å²) >= 11 is 1.48. The van der Waals surface area contributed by atoms with Gasteiger partial charge in [-0.2, -0.15) is 0 Å². The SMILES string of the molecule is O=CN1CCN(CC(=O)Nc2nc3ccccc3s2)CC1. The maximum atomic E-state index is 12.0. The fourth-order valence-corrected chi connectivity index (χ4v) is 3.20. The first-order valence-electron chi connectivity index (χ1n) is 6.82. The van der Waals surface area contributed by atoms with Crippen LogP contribution >= 0.6 is 11.3 Å². The van der Waals surface area contributed by atoms with Gasteiger partial charge in [0, 0.05) is 26.2 Å². The number of para-hydroxylation sites is 1. The third-order valence-electron chi connectivity index (χ3n) is 3.46.